The smallest absolute Gasteiger partial charge is 0.256 e. The Labute approximate surface area is 341 Å². The average molecular weight is 780 g/mol. The third kappa shape index (κ3) is 13.8. The number of methoxy groups -OCH3 is 1. The van der Waals surface area contributed by atoms with Gasteiger partial charge in [0, 0.05) is 41.0 Å². The number of fused-ring (bicyclic) bond motifs is 1. The molecule has 0 spiro atoms. The van der Waals surface area contributed by atoms with E-state index >= 15 is 0 Å². The van der Waals surface area contributed by atoms with Gasteiger partial charge in [-0.2, -0.15) is 5.10 Å². The molecular formula is C47H66FN7O2. The number of carbonyl (C=O) groups is 1. The molecule has 57 heavy (non-hydrogen) atoms. The van der Waals surface area contributed by atoms with Crippen LogP contribution in [-0.2, 0) is 4.74 Å². The summed E-state index contributed by atoms with van der Waals surface area (Å²) in [6.45, 7) is 26.5. The summed E-state index contributed by atoms with van der Waals surface area (Å²) < 4.78 is 22.3. The lowest BCUT2D eigenvalue weighted by Gasteiger charge is -2.20. The number of amides is 1. The molecule has 6 rings (SSSR count). The summed E-state index contributed by atoms with van der Waals surface area (Å²) in [6.07, 6.45) is 10.6. The molecule has 1 amide bonds. The molecule has 0 radical (unpaired) electrons. The molecule has 0 saturated heterocycles. The Balaban J connectivity index is 0.00000112. The molecule has 1 atom stereocenters. The van der Waals surface area contributed by atoms with E-state index < -0.39 is 0 Å². The Morgan fingerprint density at radius 1 is 0.860 bits per heavy atom. The average Bonchev–Trinajstić information content (AvgIpc) is 3.87. The number of imidazole rings is 2. The number of allylic oxidation sites excluding steroid dienone is 1. The van der Waals surface area contributed by atoms with E-state index in [1.54, 1.807) is 54.7 Å². The van der Waals surface area contributed by atoms with Crippen LogP contribution in [0.4, 0.5) is 10.2 Å². The SMILES string of the molecule is C/C=C\OC.CC.CC.CC.CC.CCCC(C)n1c(C(C)C)nc(-c2ccc(F)cc2)c1-c1ccc2nc(NC(=O)c3cccc(-c4cccnc4)c3)cn2n1. The maximum Gasteiger partial charge on any atom is 0.256 e. The third-order valence-corrected chi connectivity index (χ3v) is 7.92. The van der Waals surface area contributed by atoms with Gasteiger partial charge < -0.3 is 14.6 Å². The molecule has 9 nitrogen and oxygen atoms in total. The number of hydrogen-bond acceptors (Lipinski definition) is 6. The molecule has 0 saturated carbocycles. The van der Waals surface area contributed by atoms with Crippen LogP contribution in [0.1, 0.15) is 131 Å². The molecule has 4 heterocycles. The molecule has 0 aliphatic carbocycles. The Bertz CT molecular complexity index is 2030. The maximum atomic E-state index is 13.9. The van der Waals surface area contributed by atoms with Gasteiger partial charge in [-0.15, -0.1) is 0 Å². The first kappa shape index (κ1) is 49.4. The van der Waals surface area contributed by atoms with Gasteiger partial charge in [0.1, 0.15) is 17.3 Å². The highest BCUT2D eigenvalue weighted by molar-refractivity contribution is 6.04. The van der Waals surface area contributed by atoms with Crippen LogP contribution >= 0.6 is 0 Å². The predicted octanol–water partition coefficient (Wildman–Crippen LogP) is 13.5. The van der Waals surface area contributed by atoms with Gasteiger partial charge in [0.25, 0.3) is 5.91 Å². The second kappa shape index (κ2) is 27.0. The number of nitrogens with one attached hydrogen (secondary N) is 1. The lowest BCUT2D eigenvalue weighted by Crippen LogP contribution is -2.13. The number of aromatic nitrogens is 6. The molecule has 0 aliphatic rings. The van der Waals surface area contributed by atoms with Crippen molar-refractivity contribution in [2.45, 2.75) is 115 Å². The molecule has 1 unspecified atom stereocenters. The van der Waals surface area contributed by atoms with Gasteiger partial charge in [-0.1, -0.05) is 107 Å². The van der Waals surface area contributed by atoms with Gasteiger partial charge in [0.2, 0.25) is 0 Å². The number of nitrogens with zero attached hydrogens (tertiary/aromatic N) is 6. The lowest BCUT2D eigenvalue weighted by molar-refractivity contribution is 0.102. The topological polar surface area (TPSA) is 99.2 Å². The molecule has 0 bridgehead atoms. The minimum atomic E-state index is -0.297. The number of benzene rings is 2. The van der Waals surface area contributed by atoms with Crippen molar-refractivity contribution < 1.29 is 13.9 Å². The highest BCUT2D eigenvalue weighted by atomic mass is 19.1. The Morgan fingerprint density at radius 2 is 1.53 bits per heavy atom. The van der Waals surface area contributed by atoms with Gasteiger partial charge >= 0.3 is 0 Å². The number of carbonyl (C=O) groups excluding carboxylic acids is 1. The van der Waals surface area contributed by atoms with Crippen molar-refractivity contribution in [3.05, 3.63) is 121 Å². The van der Waals surface area contributed by atoms with E-state index in [9.17, 15) is 9.18 Å². The standard InChI is InChI=1S/C35H34FN7O.C4H8O.4C2H6/c1-5-8-23(4)43-33(32(40-34(43)22(2)3)24-12-14-28(36)15-13-24)29-16-17-31-38-30(21-42(31)41-29)39-35(44)26-10-6-9-25(19-26)27-11-7-18-37-20-27;1-3-4-5-2;4*1-2/h6-7,9-23H,5,8H2,1-4H3,(H,39,44);3-4H,1-2H3;4*1-2H3/b;4-3-;;;;. The summed E-state index contributed by atoms with van der Waals surface area (Å²) in [5.74, 6) is 0.938. The fourth-order valence-electron chi connectivity index (χ4n) is 5.67. The highest BCUT2D eigenvalue weighted by Crippen LogP contribution is 2.37. The summed E-state index contributed by atoms with van der Waals surface area (Å²) in [6, 6.07) is 21.6. The Kier molecular flexibility index (Phi) is 23.4. The Morgan fingerprint density at radius 3 is 2.09 bits per heavy atom. The van der Waals surface area contributed by atoms with E-state index in [0.717, 1.165) is 46.7 Å². The van der Waals surface area contributed by atoms with Crippen molar-refractivity contribution in [2.24, 2.45) is 0 Å². The first-order chi connectivity index (χ1) is 27.7. The van der Waals surface area contributed by atoms with Crippen LogP contribution in [0.3, 0.4) is 0 Å². The fourth-order valence-corrected chi connectivity index (χ4v) is 5.67. The van der Waals surface area contributed by atoms with E-state index in [1.165, 1.54) is 12.1 Å². The van der Waals surface area contributed by atoms with Gasteiger partial charge in [0.05, 0.1) is 31.0 Å². The second-order valence-electron chi connectivity index (χ2n) is 12.0. The molecule has 4 aromatic heterocycles. The predicted molar refractivity (Wildman–Crippen MR) is 238 cm³/mol. The van der Waals surface area contributed by atoms with Gasteiger partial charge in [-0.05, 0) is 80.4 Å². The van der Waals surface area contributed by atoms with E-state index in [0.29, 0.717) is 22.7 Å². The fraction of sp³-hybridized carbons (Fsp3) is 0.383. The van der Waals surface area contributed by atoms with Crippen molar-refractivity contribution in [1.29, 1.82) is 0 Å². The number of pyridine rings is 1. The zero-order valence-corrected chi connectivity index (χ0v) is 36.8. The van der Waals surface area contributed by atoms with Crippen LogP contribution in [0.25, 0.3) is 39.4 Å². The second-order valence-corrected chi connectivity index (χ2v) is 12.0. The van der Waals surface area contributed by atoms with Crippen molar-refractivity contribution in [3.8, 4) is 33.8 Å². The van der Waals surface area contributed by atoms with Crippen molar-refractivity contribution in [1.82, 2.24) is 29.1 Å². The van der Waals surface area contributed by atoms with Crippen LogP contribution < -0.4 is 5.32 Å². The molecule has 308 valence electrons. The Hall–Kier alpha value is -5.64. The van der Waals surface area contributed by atoms with Gasteiger partial charge in [-0.25, -0.2) is 18.9 Å². The minimum absolute atomic E-state index is 0.165. The number of hydrogen-bond donors (Lipinski definition) is 1. The van der Waals surface area contributed by atoms with E-state index in [-0.39, 0.29) is 23.7 Å². The molecule has 6 aromatic rings. The van der Waals surface area contributed by atoms with Gasteiger partial charge in [0.15, 0.2) is 11.5 Å². The van der Waals surface area contributed by atoms with Crippen molar-refractivity contribution in [2.75, 3.05) is 12.4 Å². The highest BCUT2D eigenvalue weighted by Gasteiger charge is 2.26. The number of ether oxygens (including phenoxy) is 1. The summed E-state index contributed by atoms with van der Waals surface area (Å²) in [7, 11) is 1.62. The van der Waals surface area contributed by atoms with Crippen LogP contribution in [-0.4, -0.2) is 42.2 Å². The van der Waals surface area contributed by atoms with Crippen molar-refractivity contribution >= 4 is 17.4 Å². The maximum absolute atomic E-state index is 13.9. The normalized spacial score (nSPS) is 10.6. The monoisotopic (exact) mass is 780 g/mol. The van der Waals surface area contributed by atoms with Crippen LogP contribution in [0.5, 0.6) is 0 Å². The number of halogens is 1. The zero-order chi connectivity index (χ0) is 42.9. The molecule has 0 aliphatic heterocycles. The van der Waals surface area contributed by atoms with Crippen LogP contribution in [0, 0.1) is 5.82 Å². The van der Waals surface area contributed by atoms with E-state index in [2.05, 4.69) is 52.3 Å². The lowest BCUT2D eigenvalue weighted by atomic mass is 10.0. The van der Waals surface area contributed by atoms with Crippen LogP contribution in [0.2, 0.25) is 0 Å². The number of rotatable bonds is 10. The van der Waals surface area contributed by atoms with Gasteiger partial charge in [-0.3, -0.25) is 9.78 Å². The molecular weight excluding hydrogens is 714 g/mol. The summed E-state index contributed by atoms with van der Waals surface area (Å²) in [5, 5.41) is 7.85. The summed E-state index contributed by atoms with van der Waals surface area (Å²) in [4.78, 5) is 27.1. The number of anilines is 1. The first-order valence-electron chi connectivity index (χ1n) is 20.4. The molecule has 10 heteroatoms. The summed E-state index contributed by atoms with van der Waals surface area (Å²) >= 11 is 0. The zero-order valence-electron chi connectivity index (χ0n) is 36.8. The molecule has 0 fully saturated rings. The molecule has 2 aromatic carbocycles. The molecule has 1 N–H and O–H groups in total. The quantitative estimate of drug-likeness (QED) is 0.139. The summed E-state index contributed by atoms with van der Waals surface area (Å²) in [5.41, 5.74) is 6.08. The van der Waals surface area contributed by atoms with E-state index in [1.807, 2.05) is 111 Å². The first-order valence-corrected chi connectivity index (χ1v) is 20.4. The largest absolute Gasteiger partial charge is 0.505 e. The van der Waals surface area contributed by atoms with Crippen molar-refractivity contribution in [3.63, 3.8) is 0 Å². The van der Waals surface area contributed by atoms with Crippen LogP contribution in [0.15, 0.2) is 104 Å². The minimum Gasteiger partial charge on any atom is -0.505 e. The van der Waals surface area contributed by atoms with E-state index in [4.69, 9.17) is 10.1 Å². The third-order valence-electron chi connectivity index (χ3n) is 7.92.